The molecule has 2 aliphatic carbocycles. The van der Waals surface area contributed by atoms with E-state index in [9.17, 15) is 14.9 Å². The highest BCUT2D eigenvalue weighted by molar-refractivity contribution is 5.96. The molecule has 26 heavy (non-hydrogen) atoms. The fourth-order valence-corrected chi connectivity index (χ4v) is 4.50. The van der Waals surface area contributed by atoms with Gasteiger partial charge >= 0.3 is 0 Å². The predicted molar refractivity (Wildman–Crippen MR) is 99.4 cm³/mol. The van der Waals surface area contributed by atoms with Crippen molar-refractivity contribution < 1.29 is 14.1 Å². The molecule has 0 aliphatic heterocycles. The topological polar surface area (TPSA) is 111 Å². The predicted octanol–water partition coefficient (Wildman–Crippen LogP) is 3.40. The van der Waals surface area contributed by atoms with Gasteiger partial charge in [0, 0.05) is 29.6 Å². The number of non-ortho nitro benzene ring substituents is 1. The molecule has 2 saturated carbocycles. The fraction of sp³-hybridized carbons (Fsp3) is 0.500. The SMILES string of the molecule is Cl.NC1CC2CCCC(C1)C2NC(=O)c1cc2cc([N+](=O)[O-])ccc2o1. The number of hydrogen-bond acceptors (Lipinski definition) is 5. The van der Waals surface area contributed by atoms with Crippen LogP contribution in [-0.2, 0) is 0 Å². The molecule has 2 unspecified atom stereocenters. The minimum atomic E-state index is -0.460. The van der Waals surface area contributed by atoms with Crippen molar-refractivity contribution in [2.75, 3.05) is 0 Å². The molecule has 4 rings (SSSR count). The van der Waals surface area contributed by atoms with Crippen molar-refractivity contribution in [3.63, 3.8) is 0 Å². The molecule has 2 atom stereocenters. The second-order valence-electron chi connectivity index (χ2n) is 7.27. The molecule has 1 amide bonds. The molecule has 0 saturated heterocycles. The van der Waals surface area contributed by atoms with E-state index < -0.39 is 4.92 Å². The first-order valence-corrected chi connectivity index (χ1v) is 8.75. The van der Waals surface area contributed by atoms with Crippen molar-refractivity contribution in [2.24, 2.45) is 17.6 Å². The highest BCUT2D eigenvalue weighted by Crippen LogP contribution is 2.39. The van der Waals surface area contributed by atoms with Crippen LogP contribution in [-0.4, -0.2) is 22.9 Å². The summed E-state index contributed by atoms with van der Waals surface area (Å²) in [7, 11) is 0. The van der Waals surface area contributed by atoms with Crippen LogP contribution in [0.2, 0.25) is 0 Å². The summed E-state index contributed by atoms with van der Waals surface area (Å²) in [4.78, 5) is 23.1. The van der Waals surface area contributed by atoms with Gasteiger partial charge in [-0.1, -0.05) is 6.42 Å². The van der Waals surface area contributed by atoms with Crippen LogP contribution >= 0.6 is 12.4 Å². The van der Waals surface area contributed by atoms with Crippen LogP contribution in [0.4, 0.5) is 5.69 Å². The van der Waals surface area contributed by atoms with E-state index in [0.29, 0.717) is 22.8 Å². The number of nitrogens with two attached hydrogens (primary N) is 1. The van der Waals surface area contributed by atoms with Gasteiger partial charge in [0.15, 0.2) is 5.76 Å². The quantitative estimate of drug-likeness (QED) is 0.627. The number of nitrogens with one attached hydrogen (secondary N) is 1. The van der Waals surface area contributed by atoms with Crippen molar-refractivity contribution in [1.29, 1.82) is 0 Å². The van der Waals surface area contributed by atoms with Crippen molar-refractivity contribution in [3.8, 4) is 0 Å². The molecule has 1 aromatic heterocycles. The summed E-state index contributed by atoms with van der Waals surface area (Å²) in [5.41, 5.74) is 6.59. The van der Waals surface area contributed by atoms with Crippen LogP contribution in [0.15, 0.2) is 28.7 Å². The summed E-state index contributed by atoms with van der Waals surface area (Å²) in [6, 6.07) is 6.27. The minimum absolute atomic E-state index is 0. The van der Waals surface area contributed by atoms with E-state index in [2.05, 4.69) is 5.32 Å². The van der Waals surface area contributed by atoms with Crippen LogP contribution in [0.25, 0.3) is 11.0 Å². The van der Waals surface area contributed by atoms with Crippen molar-refractivity contribution >= 4 is 35.0 Å². The van der Waals surface area contributed by atoms with Crippen LogP contribution in [0.3, 0.4) is 0 Å². The molecule has 3 N–H and O–H groups in total. The maximum absolute atomic E-state index is 12.6. The zero-order valence-electron chi connectivity index (χ0n) is 14.2. The van der Waals surface area contributed by atoms with E-state index in [1.54, 1.807) is 6.07 Å². The number of hydrogen-bond donors (Lipinski definition) is 2. The van der Waals surface area contributed by atoms with E-state index in [-0.39, 0.29) is 41.8 Å². The average Bonchev–Trinajstić information content (AvgIpc) is 2.98. The normalized spacial score (nSPS) is 27.6. The third kappa shape index (κ3) is 3.41. The van der Waals surface area contributed by atoms with Gasteiger partial charge in [-0.2, -0.15) is 0 Å². The second-order valence-corrected chi connectivity index (χ2v) is 7.27. The molecule has 7 nitrogen and oxygen atoms in total. The van der Waals surface area contributed by atoms with Crippen LogP contribution in [0.5, 0.6) is 0 Å². The third-order valence-corrected chi connectivity index (χ3v) is 5.61. The molecule has 2 bridgehead atoms. The maximum atomic E-state index is 12.6. The number of carbonyl (C=O) groups is 1. The summed E-state index contributed by atoms with van der Waals surface area (Å²) in [6.45, 7) is 0. The van der Waals surface area contributed by atoms with E-state index in [0.717, 1.165) is 25.7 Å². The minimum Gasteiger partial charge on any atom is -0.451 e. The molecule has 140 valence electrons. The number of nitro groups is 1. The molecule has 1 aromatic carbocycles. The summed E-state index contributed by atoms with van der Waals surface area (Å²) in [6.07, 6.45) is 5.30. The molecule has 2 aliphatic rings. The lowest BCUT2D eigenvalue weighted by Gasteiger charge is -2.45. The Labute approximate surface area is 156 Å². The Balaban J connectivity index is 0.00000196. The van der Waals surface area contributed by atoms with Gasteiger partial charge in [-0.25, -0.2) is 0 Å². The van der Waals surface area contributed by atoms with Gasteiger partial charge in [0.2, 0.25) is 0 Å². The Kier molecular flexibility index (Phi) is 5.20. The third-order valence-electron chi connectivity index (χ3n) is 5.61. The molecule has 0 radical (unpaired) electrons. The summed E-state index contributed by atoms with van der Waals surface area (Å²) >= 11 is 0. The van der Waals surface area contributed by atoms with Crippen molar-refractivity contribution in [1.82, 2.24) is 5.32 Å². The number of rotatable bonds is 3. The summed E-state index contributed by atoms with van der Waals surface area (Å²) < 4.78 is 5.59. The second kappa shape index (κ2) is 7.25. The van der Waals surface area contributed by atoms with Crippen LogP contribution in [0.1, 0.15) is 42.7 Å². The number of furan rings is 1. The Morgan fingerprint density at radius 1 is 1.23 bits per heavy atom. The molecular formula is C18H22ClN3O4. The lowest BCUT2D eigenvalue weighted by molar-refractivity contribution is -0.384. The lowest BCUT2D eigenvalue weighted by Crippen LogP contribution is -2.53. The fourth-order valence-electron chi connectivity index (χ4n) is 4.50. The maximum Gasteiger partial charge on any atom is 0.287 e. The molecule has 2 aromatic rings. The Bertz CT molecular complexity index is 823. The van der Waals surface area contributed by atoms with E-state index in [1.807, 2.05) is 0 Å². The first kappa shape index (κ1) is 18.7. The number of fused-ring (bicyclic) bond motifs is 3. The van der Waals surface area contributed by atoms with Gasteiger partial charge in [0.1, 0.15) is 5.58 Å². The smallest absolute Gasteiger partial charge is 0.287 e. The Morgan fingerprint density at radius 3 is 2.58 bits per heavy atom. The van der Waals surface area contributed by atoms with E-state index in [4.69, 9.17) is 10.2 Å². The number of amides is 1. The van der Waals surface area contributed by atoms with Gasteiger partial charge < -0.3 is 15.5 Å². The number of benzene rings is 1. The highest BCUT2D eigenvalue weighted by atomic mass is 35.5. The van der Waals surface area contributed by atoms with Gasteiger partial charge in [-0.15, -0.1) is 12.4 Å². The number of nitro benzene ring substituents is 1. The monoisotopic (exact) mass is 379 g/mol. The zero-order valence-corrected chi connectivity index (χ0v) is 15.0. The highest BCUT2D eigenvalue weighted by Gasteiger charge is 2.40. The van der Waals surface area contributed by atoms with Gasteiger partial charge in [-0.3, -0.25) is 14.9 Å². The van der Waals surface area contributed by atoms with Crippen molar-refractivity contribution in [2.45, 2.75) is 44.2 Å². The van der Waals surface area contributed by atoms with Gasteiger partial charge in [-0.05, 0) is 49.7 Å². The van der Waals surface area contributed by atoms with E-state index in [1.165, 1.54) is 24.6 Å². The van der Waals surface area contributed by atoms with Crippen LogP contribution in [0, 0.1) is 22.0 Å². The zero-order chi connectivity index (χ0) is 17.6. The Hall–Kier alpha value is -2.12. The number of carbonyl (C=O) groups excluding carboxylic acids is 1. The standard InChI is InChI=1S/C18H21N3O4.ClH/c19-13-6-10-2-1-3-11(7-13)17(10)20-18(22)16-9-12-8-14(21(23)24)4-5-15(12)25-16;/h4-5,8-11,13,17H,1-3,6-7,19H2,(H,20,22);1H. The number of halogens is 1. The first-order valence-electron chi connectivity index (χ1n) is 8.75. The van der Waals surface area contributed by atoms with Crippen molar-refractivity contribution in [3.05, 3.63) is 40.1 Å². The largest absolute Gasteiger partial charge is 0.451 e. The molecule has 0 spiro atoms. The number of nitrogens with zero attached hydrogens (tertiary/aromatic N) is 1. The molecule has 1 heterocycles. The van der Waals surface area contributed by atoms with E-state index >= 15 is 0 Å². The Morgan fingerprint density at radius 2 is 1.92 bits per heavy atom. The summed E-state index contributed by atoms with van der Waals surface area (Å²) in [5.74, 6) is 0.800. The van der Waals surface area contributed by atoms with Gasteiger partial charge in [0.25, 0.3) is 11.6 Å². The average molecular weight is 380 g/mol. The van der Waals surface area contributed by atoms with Crippen LogP contribution < -0.4 is 11.1 Å². The molecular weight excluding hydrogens is 358 g/mol. The molecule has 2 fully saturated rings. The molecule has 8 heteroatoms. The van der Waals surface area contributed by atoms with Gasteiger partial charge in [0.05, 0.1) is 4.92 Å². The summed E-state index contributed by atoms with van der Waals surface area (Å²) in [5, 5.41) is 14.6. The first-order chi connectivity index (χ1) is 12.0. The lowest BCUT2D eigenvalue weighted by atomic mass is 9.67.